The summed E-state index contributed by atoms with van der Waals surface area (Å²) in [5.41, 5.74) is 3.24. The second-order valence-electron chi connectivity index (χ2n) is 7.04. The van der Waals surface area contributed by atoms with Crippen LogP contribution in [0.1, 0.15) is 13.8 Å². The molecule has 6 heteroatoms. The summed E-state index contributed by atoms with van der Waals surface area (Å²) in [6, 6.07) is 29.2. The topological polar surface area (TPSA) is 60.7 Å². The van der Waals surface area contributed by atoms with Crippen LogP contribution in [0.25, 0.3) is 22.5 Å². The van der Waals surface area contributed by atoms with E-state index in [-0.39, 0.29) is 13.2 Å². The van der Waals surface area contributed by atoms with Crippen LogP contribution >= 0.6 is 7.60 Å². The van der Waals surface area contributed by atoms with Crippen LogP contribution < -0.4 is 10.6 Å². The number of rotatable bonds is 9. The molecule has 0 saturated carbocycles. The zero-order chi connectivity index (χ0) is 22.4. The van der Waals surface area contributed by atoms with Gasteiger partial charge in [-0.05, 0) is 31.5 Å². The Morgan fingerprint density at radius 2 is 1.25 bits per heavy atom. The van der Waals surface area contributed by atoms with Crippen molar-refractivity contribution in [3.63, 3.8) is 0 Å². The van der Waals surface area contributed by atoms with Gasteiger partial charge in [0.1, 0.15) is 11.1 Å². The van der Waals surface area contributed by atoms with Crippen LogP contribution in [0.2, 0.25) is 0 Å². The molecule has 164 valence electrons. The van der Waals surface area contributed by atoms with Crippen molar-refractivity contribution in [2.24, 2.45) is 0 Å². The van der Waals surface area contributed by atoms with Crippen LogP contribution in [0.15, 0.2) is 95.4 Å². The van der Waals surface area contributed by atoms with E-state index in [4.69, 9.17) is 13.5 Å². The molecule has 0 aliphatic carbocycles. The van der Waals surface area contributed by atoms with Crippen molar-refractivity contribution >= 4 is 24.5 Å². The molecule has 4 aromatic rings. The smallest absolute Gasteiger partial charge is 0.367 e. The van der Waals surface area contributed by atoms with Gasteiger partial charge in [-0.15, -0.1) is 0 Å². The Bertz CT molecular complexity index is 1180. The fraction of sp³-hybridized carbons (Fsp3) is 0.154. The Morgan fingerprint density at radius 3 is 1.78 bits per heavy atom. The minimum absolute atomic E-state index is 0.238. The number of hydrogen-bond donors (Lipinski definition) is 1. The lowest BCUT2D eigenvalue weighted by atomic mass is 10.0. The molecule has 0 aliphatic rings. The van der Waals surface area contributed by atoms with Gasteiger partial charge in [-0.25, -0.2) is 0 Å². The first-order valence-corrected chi connectivity index (χ1v) is 12.2. The maximum Gasteiger partial charge on any atom is 0.367 e. The first kappa shape index (κ1) is 22.1. The normalized spacial score (nSPS) is 11.4. The maximum absolute atomic E-state index is 14.1. The molecule has 4 rings (SSSR count). The molecule has 0 fully saturated rings. The highest BCUT2D eigenvalue weighted by atomic mass is 31.2. The largest absolute Gasteiger partial charge is 0.439 e. The quantitative estimate of drug-likeness (QED) is 0.274. The second-order valence-corrected chi connectivity index (χ2v) is 9.00. The number of hydrogen-bond acceptors (Lipinski definition) is 5. The number of nitrogens with one attached hydrogen (secondary N) is 1. The van der Waals surface area contributed by atoms with E-state index in [9.17, 15) is 4.57 Å². The molecule has 0 bridgehead atoms. The van der Waals surface area contributed by atoms with E-state index in [0.29, 0.717) is 22.5 Å². The standard InChI is InChI=1S/C26H26NO4P/c1-3-29-32(28,30-4-2)25-23(20-14-8-5-9-15-20)24(21-16-10-6-11-17-21)31-26(25)27-22-18-12-7-13-19-22/h5-19,27H,3-4H2,1-2H3. The van der Waals surface area contributed by atoms with Crippen LogP contribution in [-0.4, -0.2) is 13.2 Å². The van der Waals surface area contributed by atoms with Gasteiger partial charge in [0.25, 0.3) is 0 Å². The summed E-state index contributed by atoms with van der Waals surface area (Å²) in [7, 11) is -3.71. The van der Waals surface area contributed by atoms with E-state index in [1.54, 1.807) is 13.8 Å². The van der Waals surface area contributed by atoms with Crippen LogP contribution in [0, 0.1) is 0 Å². The van der Waals surface area contributed by atoms with Crippen molar-refractivity contribution in [2.75, 3.05) is 18.5 Å². The van der Waals surface area contributed by atoms with Crippen molar-refractivity contribution in [1.29, 1.82) is 0 Å². The van der Waals surface area contributed by atoms with E-state index in [0.717, 1.165) is 16.8 Å². The van der Waals surface area contributed by atoms with Crippen LogP contribution in [0.5, 0.6) is 0 Å². The highest BCUT2D eigenvalue weighted by molar-refractivity contribution is 7.63. The van der Waals surface area contributed by atoms with Crippen LogP contribution in [0.4, 0.5) is 11.6 Å². The molecule has 5 nitrogen and oxygen atoms in total. The van der Waals surface area contributed by atoms with Gasteiger partial charge >= 0.3 is 7.60 Å². The Morgan fingerprint density at radius 1 is 0.750 bits per heavy atom. The zero-order valence-corrected chi connectivity index (χ0v) is 19.0. The average Bonchev–Trinajstić information content (AvgIpc) is 3.21. The summed E-state index contributed by atoms with van der Waals surface area (Å²) >= 11 is 0. The molecule has 0 spiro atoms. The summed E-state index contributed by atoms with van der Waals surface area (Å²) in [4.78, 5) is 0. The van der Waals surface area contributed by atoms with Crippen LogP contribution in [-0.2, 0) is 13.6 Å². The lowest BCUT2D eigenvalue weighted by Crippen LogP contribution is -2.15. The Kier molecular flexibility index (Phi) is 6.91. The fourth-order valence-electron chi connectivity index (χ4n) is 3.59. The second kappa shape index (κ2) is 10.0. The molecular weight excluding hydrogens is 421 g/mol. The number of benzene rings is 3. The van der Waals surface area contributed by atoms with E-state index < -0.39 is 7.60 Å². The van der Waals surface area contributed by atoms with Gasteiger partial charge in [-0.2, -0.15) is 0 Å². The predicted octanol–water partition coefficient (Wildman–Crippen LogP) is 7.25. The van der Waals surface area contributed by atoms with Gasteiger partial charge in [0, 0.05) is 16.8 Å². The highest BCUT2D eigenvalue weighted by Crippen LogP contribution is 2.54. The molecular formula is C26H26NO4P. The van der Waals surface area contributed by atoms with Crippen LogP contribution in [0.3, 0.4) is 0 Å². The maximum atomic E-state index is 14.1. The summed E-state index contributed by atoms with van der Waals surface area (Å²) in [5.74, 6) is 0.948. The monoisotopic (exact) mass is 447 g/mol. The lowest BCUT2D eigenvalue weighted by molar-refractivity contribution is 0.230. The minimum atomic E-state index is -3.71. The van der Waals surface area contributed by atoms with Gasteiger partial charge in [0.05, 0.1) is 13.2 Å². The minimum Gasteiger partial charge on any atom is -0.439 e. The predicted molar refractivity (Wildman–Crippen MR) is 130 cm³/mol. The molecule has 32 heavy (non-hydrogen) atoms. The molecule has 0 atom stereocenters. The van der Waals surface area contributed by atoms with E-state index >= 15 is 0 Å². The Labute approximate surface area is 188 Å². The molecule has 1 aromatic heterocycles. The third kappa shape index (κ3) is 4.56. The molecule has 0 saturated heterocycles. The van der Waals surface area contributed by atoms with Crippen molar-refractivity contribution in [2.45, 2.75) is 13.8 Å². The molecule has 0 radical (unpaired) electrons. The lowest BCUT2D eigenvalue weighted by Gasteiger charge is -2.19. The molecule has 0 aliphatic heterocycles. The first-order chi connectivity index (χ1) is 15.7. The Balaban J connectivity index is 2.03. The zero-order valence-electron chi connectivity index (χ0n) is 18.2. The SMILES string of the molecule is CCOP(=O)(OCC)c1c(Nc2ccccc2)oc(-c2ccccc2)c1-c1ccccc1. The van der Waals surface area contributed by atoms with E-state index in [1.165, 1.54) is 0 Å². The summed E-state index contributed by atoms with van der Waals surface area (Å²) in [6.07, 6.45) is 0. The first-order valence-electron chi connectivity index (χ1n) is 10.7. The molecule has 0 amide bonds. The third-order valence-corrected chi connectivity index (χ3v) is 7.06. The number of anilines is 2. The van der Waals surface area contributed by atoms with Gasteiger partial charge < -0.3 is 18.8 Å². The van der Waals surface area contributed by atoms with Gasteiger partial charge in [0.15, 0.2) is 0 Å². The molecule has 0 unspecified atom stereocenters. The van der Waals surface area contributed by atoms with Crippen molar-refractivity contribution < 1.29 is 18.0 Å². The molecule has 1 heterocycles. The molecule has 3 aromatic carbocycles. The van der Waals surface area contributed by atoms with Gasteiger partial charge in [-0.1, -0.05) is 78.9 Å². The Hall–Kier alpha value is -3.11. The van der Waals surface area contributed by atoms with Crippen molar-refractivity contribution in [3.8, 4) is 22.5 Å². The van der Waals surface area contributed by atoms with Crippen molar-refractivity contribution in [1.82, 2.24) is 0 Å². The fourth-order valence-corrected chi connectivity index (χ4v) is 5.46. The summed E-state index contributed by atoms with van der Waals surface area (Å²) < 4.78 is 32.1. The number of furan rings is 1. The third-order valence-electron chi connectivity index (χ3n) is 4.89. The van der Waals surface area contributed by atoms with Crippen molar-refractivity contribution in [3.05, 3.63) is 91.0 Å². The van der Waals surface area contributed by atoms with Gasteiger partial charge in [-0.3, -0.25) is 4.57 Å². The van der Waals surface area contributed by atoms with E-state index in [1.807, 2.05) is 91.0 Å². The summed E-state index contributed by atoms with van der Waals surface area (Å²) in [6.45, 7) is 4.08. The average molecular weight is 447 g/mol. The summed E-state index contributed by atoms with van der Waals surface area (Å²) in [5, 5.41) is 3.69. The number of para-hydroxylation sites is 1. The highest BCUT2D eigenvalue weighted by Gasteiger charge is 2.39. The van der Waals surface area contributed by atoms with Gasteiger partial charge in [0.2, 0.25) is 5.88 Å². The molecule has 1 N–H and O–H groups in total. The van der Waals surface area contributed by atoms with E-state index in [2.05, 4.69) is 5.32 Å².